The van der Waals surface area contributed by atoms with Crippen molar-refractivity contribution in [2.45, 2.75) is 33.3 Å². The second-order valence-electron chi connectivity index (χ2n) is 10.5. The van der Waals surface area contributed by atoms with Gasteiger partial charge in [-0.25, -0.2) is 4.79 Å². The zero-order chi connectivity index (χ0) is 30.2. The smallest absolute Gasteiger partial charge is 0.379 e. The molecule has 7 nitrogen and oxygen atoms in total. The third-order valence-electron chi connectivity index (χ3n) is 7.49. The monoisotopic (exact) mass is 590 g/mol. The number of aryl methyl sites for hydroxylation is 3. The lowest BCUT2D eigenvalue weighted by Gasteiger charge is -2.26. The molecule has 5 aromatic rings. The Morgan fingerprint density at radius 3 is 2.42 bits per heavy atom. The SMILES string of the molecule is Cc1cc(C)c2c(C)c(C(=O)Oc3ccc4c(c3)OC(N)=C(C#N)C4c3ccc(OCc4ccc(Cl)cc4)cc3)oc2c1. The molecule has 2 N–H and O–H groups in total. The van der Waals surface area contributed by atoms with Crippen molar-refractivity contribution in [2.75, 3.05) is 0 Å². The first-order chi connectivity index (χ1) is 20.7. The van der Waals surface area contributed by atoms with E-state index in [4.69, 9.17) is 36.0 Å². The van der Waals surface area contributed by atoms with Crippen LogP contribution in [0.3, 0.4) is 0 Å². The maximum atomic E-state index is 13.2. The summed E-state index contributed by atoms with van der Waals surface area (Å²) in [4.78, 5) is 13.2. The molecule has 1 aromatic heterocycles. The Kier molecular flexibility index (Phi) is 7.31. The Morgan fingerprint density at radius 2 is 1.70 bits per heavy atom. The molecule has 2 heterocycles. The number of carbonyl (C=O) groups is 1. The van der Waals surface area contributed by atoms with Gasteiger partial charge in [-0.2, -0.15) is 5.26 Å². The predicted molar refractivity (Wildman–Crippen MR) is 163 cm³/mol. The Balaban J connectivity index is 1.24. The highest BCUT2D eigenvalue weighted by Gasteiger charge is 2.31. The molecule has 1 unspecified atom stereocenters. The van der Waals surface area contributed by atoms with E-state index in [1.165, 1.54) is 0 Å². The summed E-state index contributed by atoms with van der Waals surface area (Å²) in [6.45, 7) is 6.20. The van der Waals surface area contributed by atoms with Gasteiger partial charge in [-0.05, 0) is 79.4 Å². The van der Waals surface area contributed by atoms with E-state index < -0.39 is 11.9 Å². The molecular weight excluding hydrogens is 564 g/mol. The molecular formula is C35H27ClN2O5. The average Bonchev–Trinajstić information content (AvgIpc) is 3.32. The molecule has 0 aliphatic carbocycles. The van der Waals surface area contributed by atoms with Gasteiger partial charge in [0.2, 0.25) is 11.6 Å². The number of carbonyl (C=O) groups excluding carboxylic acids is 1. The molecule has 0 spiro atoms. The van der Waals surface area contributed by atoms with Crippen molar-refractivity contribution in [2.24, 2.45) is 5.73 Å². The first kappa shape index (κ1) is 28.0. The number of nitriles is 1. The first-order valence-electron chi connectivity index (χ1n) is 13.6. The average molecular weight is 591 g/mol. The largest absolute Gasteiger partial charge is 0.489 e. The van der Waals surface area contributed by atoms with Gasteiger partial charge in [0.05, 0.1) is 5.92 Å². The van der Waals surface area contributed by atoms with Crippen LogP contribution in [0.25, 0.3) is 11.0 Å². The molecule has 0 amide bonds. The number of furan rings is 1. The Morgan fingerprint density at radius 1 is 0.977 bits per heavy atom. The number of benzene rings is 4. The van der Waals surface area contributed by atoms with Crippen LogP contribution < -0.4 is 19.9 Å². The highest BCUT2D eigenvalue weighted by molar-refractivity contribution is 6.30. The van der Waals surface area contributed by atoms with E-state index >= 15 is 0 Å². The second-order valence-corrected chi connectivity index (χ2v) is 10.9. The van der Waals surface area contributed by atoms with Crippen molar-refractivity contribution >= 4 is 28.5 Å². The first-order valence-corrected chi connectivity index (χ1v) is 14.0. The fourth-order valence-corrected chi connectivity index (χ4v) is 5.61. The van der Waals surface area contributed by atoms with E-state index in [2.05, 4.69) is 6.07 Å². The molecule has 0 saturated heterocycles. The van der Waals surface area contributed by atoms with Crippen molar-refractivity contribution in [3.05, 3.63) is 134 Å². The molecule has 0 bridgehead atoms. The minimum atomic E-state index is -0.617. The van der Waals surface area contributed by atoms with E-state index in [9.17, 15) is 10.1 Å². The quantitative estimate of drug-likeness (QED) is 0.157. The van der Waals surface area contributed by atoms with Crippen molar-refractivity contribution in [1.29, 1.82) is 5.26 Å². The minimum Gasteiger partial charge on any atom is -0.489 e. The summed E-state index contributed by atoms with van der Waals surface area (Å²) >= 11 is 5.96. The molecule has 0 radical (unpaired) electrons. The van der Waals surface area contributed by atoms with Crippen molar-refractivity contribution in [1.82, 2.24) is 0 Å². The molecule has 0 saturated carbocycles. The summed E-state index contributed by atoms with van der Waals surface area (Å²) in [6.07, 6.45) is 0. The number of ether oxygens (including phenoxy) is 3. The van der Waals surface area contributed by atoms with Gasteiger partial charge in [0, 0.05) is 27.6 Å². The molecule has 1 aliphatic heterocycles. The van der Waals surface area contributed by atoms with Gasteiger partial charge in [-0.1, -0.05) is 48.0 Å². The normalized spacial score (nSPS) is 14.2. The summed E-state index contributed by atoms with van der Waals surface area (Å²) < 4.78 is 23.3. The number of nitrogens with zero attached hydrogens (tertiary/aromatic N) is 1. The van der Waals surface area contributed by atoms with Crippen molar-refractivity contribution in [3.8, 4) is 23.3 Å². The van der Waals surface area contributed by atoms with Crippen LogP contribution in [0.5, 0.6) is 17.2 Å². The zero-order valence-electron chi connectivity index (χ0n) is 23.7. The number of rotatable bonds is 6. The summed E-state index contributed by atoms with van der Waals surface area (Å²) in [5.41, 5.74) is 12.5. The maximum absolute atomic E-state index is 13.2. The summed E-state index contributed by atoms with van der Waals surface area (Å²) in [7, 11) is 0. The second kappa shape index (κ2) is 11.2. The van der Waals surface area contributed by atoms with Crippen molar-refractivity contribution < 1.29 is 23.4 Å². The van der Waals surface area contributed by atoms with Crippen LogP contribution in [-0.4, -0.2) is 5.97 Å². The number of fused-ring (bicyclic) bond motifs is 2. The number of halogens is 1. The number of allylic oxidation sites excluding steroid dienone is 1. The number of hydrogen-bond acceptors (Lipinski definition) is 7. The Hall–Kier alpha value is -5.19. The van der Waals surface area contributed by atoms with E-state index in [-0.39, 0.29) is 23.0 Å². The van der Waals surface area contributed by atoms with Crippen LogP contribution in [0.15, 0.2) is 94.7 Å². The van der Waals surface area contributed by atoms with Crippen LogP contribution in [0, 0.1) is 32.1 Å². The lowest BCUT2D eigenvalue weighted by molar-refractivity contribution is 0.0702. The van der Waals surface area contributed by atoms with Gasteiger partial charge in [0.15, 0.2) is 0 Å². The highest BCUT2D eigenvalue weighted by atomic mass is 35.5. The summed E-state index contributed by atoms with van der Waals surface area (Å²) in [5.74, 6) is 0.364. The van der Waals surface area contributed by atoms with Gasteiger partial charge < -0.3 is 24.4 Å². The molecule has 8 heteroatoms. The number of esters is 1. The molecule has 0 fully saturated rings. The summed E-state index contributed by atoms with van der Waals surface area (Å²) in [6, 6.07) is 26.1. The zero-order valence-corrected chi connectivity index (χ0v) is 24.5. The Bertz CT molecular complexity index is 1950. The lowest BCUT2D eigenvalue weighted by atomic mass is 9.83. The molecule has 4 aromatic carbocycles. The van der Waals surface area contributed by atoms with Gasteiger partial charge in [-0.3, -0.25) is 0 Å². The fraction of sp³-hybridized carbons (Fsp3) is 0.143. The number of hydrogen-bond donors (Lipinski definition) is 1. The molecule has 214 valence electrons. The third-order valence-corrected chi connectivity index (χ3v) is 7.74. The van der Waals surface area contributed by atoms with Gasteiger partial charge in [0.25, 0.3) is 0 Å². The van der Waals surface area contributed by atoms with E-state index in [0.717, 1.165) is 33.2 Å². The van der Waals surface area contributed by atoms with Crippen LogP contribution in [-0.2, 0) is 6.61 Å². The van der Waals surface area contributed by atoms with Crippen molar-refractivity contribution in [3.63, 3.8) is 0 Å². The standard InChI is InChI=1S/C35H27ClN2O5/c1-19-14-20(2)31-21(3)33(42-30(31)15-19)35(39)41-26-12-13-27-29(16-26)43-34(38)28(17-37)32(27)23-6-10-25(11-7-23)40-18-22-4-8-24(36)9-5-22/h4-16,32H,18,38H2,1-3H3. The van der Waals surface area contributed by atoms with E-state index in [0.29, 0.717) is 34.3 Å². The van der Waals surface area contributed by atoms with Crippen LogP contribution >= 0.6 is 11.6 Å². The molecule has 43 heavy (non-hydrogen) atoms. The lowest BCUT2D eigenvalue weighted by Crippen LogP contribution is -2.21. The van der Waals surface area contributed by atoms with Crippen LogP contribution in [0.2, 0.25) is 5.02 Å². The minimum absolute atomic E-state index is 0.00878. The van der Waals surface area contributed by atoms with Gasteiger partial charge in [-0.15, -0.1) is 0 Å². The fourth-order valence-electron chi connectivity index (χ4n) is 5.48. The van der Waals surface area contributed by atoms with E-state index in [1.54, 1.807) is 18.2 Å². The predicted octanol–water partition coefficient (Wildman–Crippen LogP) is 8.03. The Labute approximate surface area is 253 Å². The molecule has 1 aliphatic rings. The number of nitrogens with two attached hydrogens (primary N) is 1. The van der Waals surface area contributed by atoms with Gasteiger partial charge >= 0.3 is 5.97 Å². The van der Waals surface area contributed by atoms with E-state index in [1.807, 2.05) is 81.4 Å². The maximum Gasteiger partial charge on any atom is 0.379 e. The van der Waals surface area contributed by atoms with Gasteiger partial charge in [0.1, 0.15) is 41.1 Å². The third kappa shape index (κ3) is 5.41. The van der Waals surface area contributed by atoms with Crippen LogP contribution in [0.1, 0.15) is 49.9 Å². The molecule has 6 rings (SSSR count). The van der Waals surface area contributed by atoms with Crippen LogP contribution in [0.4, 0.5) is 0 Å². The molecule has 1 atom stereocenters. The topological polar surface area (TPSA) is 108 Å². The highest BCUT2D eigenvalue weighted by Crippen LogP contribution is 2.44. The summed E-state index contributed by atoms with van der Waals surface area (Å²) in [5, 5.41) is 11.5.